The maximum atomic E-state index is 6.12. The van der Waals surface area contributed by atoms with E-state index in [1.54, 1.807) is 7.11 Å². The average molecular weight is 352 g/mol. The molecule has 0 radical (unpaired) electrons. The Morgan fingerprint density at radius 3 is 2.69 bits per heavy atom. The van der Waals surface area contributed by atoms with Crippen LogP contribution >= 0.6 is 0 Å². The number of benzene rings is 2. The van der Waals surface area contributed by atoms with E-state index in [-0.39, 0.29) is 0 Å². The third kappa shape index (κ3) is 4.07. The van der Waals surface area contributed by atoms with Gasteiger partial charge in [0.2, 0.25) is 0 Å². The minimum absolute atomic E-state index is 0.455. The number of rotatable bonds is 8. The molecular weight excluding hydrogens is 324 g/mol. The Kier molecular flexibility index (Phi) is 5.94. The number of nitrogens with zero attached hydrogens (tertiary/aromatic N) is 2. The second kappa shape index (κ2) is 8.37. The normalized spacial score (nSPS) is 11.4. The molecule has 0 amide bonds. The Hall–Kier alpha value is -2.33. The molecule has 1 heterocycles. The largest absolute Gasteiger partial charge is 0.493 e. The van der Waals surface area contributed by atoms with Gasteiger partial charge in [-0.2, -0.15) is 0 Å². The summed E-state index contributed by atoms with van der Waals surface area (Å²) in [6, 6.07) is 14.7. The maximum absolute atomic E-state index is 6.12. The fraction of sp³-hybridized carbons (Fsp3) is 0.409. The molecule has 0 aliphatic carbocycles. The van der Waals surface area contributed by atoms with Crippen molar-refractivity contribution in [3.05, 3.63) is 59.4 Å². The molecule has 0 saturated carbocycles. The molecule has 0 saturated heterocycles. The van der Waals surface area contributed by atoms with Crippen LogP contribution in [0.2, 0.25) is 0 Å². The van der Waals surface area contributed by atoms with E-state index in [4.69, 9.17) is 9.47 Å². The van der Waals surface area contributed by atoms with Crippen LogP contribution in [0.3, 0.4) is 0 Å². The van der Waals surface area contributed by atoms with Crippen LogP contribution in [0.1, 0.15) is 43.1 Å². The Balaban J connectivity index is 1.68. The van der Waals surface area contributed by atoms with Crippen molar-refractivity contribution in [3.8, 4) is 5.75 Å². The van der Waals surface area contributed by atoms with Crippen molar-refractivity contribution >= 4 is 11.0 Å². The first kappa shape index (κ1) is 18.5. The number of hydrogen-bond donors (Lipinski definition) is 0. The number of hydrogen-bond acceptors (Lipinski definition) is 3. The van der Waals surface area contributed by atoms with Crippen molar-refractivity contribution in [1.82, 2.24) is 9.55 Å². The average Bonchev–Trinajstić information content (AvgIpc) is 2.96. The molecule has 4 heteroatoms. The number of imidazole rings is 1. The standard InChI is InChI=1S/C22H28N2O2/c1-16(2)18-11-10-17(3)14-21(18)26-13-7-12-24-20-9-6-5-8-19(20)23-22(24)15-25-4/h5-6,8-11,14,16H,7,12-13,15H2,1-4H3. The van der Waals surface area contributed by atoms with Crippen LogP contribution in [0, 0.1) is 6.92 Å². The summed E-state index contributed by atoms with van der Waals surface area (Å²) in [5.74, 6) is 2.43. The van der Waals surface area contributed by atoms with E-state index in [1.165, 1.54) is 11.1 Å². The topological polar surface area (TPSA) is 36.3 Å². The van der Waals surface area contributed by atoms with Crippen LogP contribution in [0.5, 0.6) is 5.75 Å². The van der Waals surface area contributed by atoms with Crippen molar-refractivity contribution in [3.63, 3.8) is 0 Å². The number of ether oxygens (including phenoxy) is 2. The molecule has 1 aromatic heterocycles. The highest BCUT2D eigenvalue weighted by Crippen LogP contribution is 2.27. The summed E-state index contributed by atoms with van der Waals surface area (Å²) in [5.41, 5.74) is 4.66. The van der Waals surface area contributed by atoms with E-state index in [0.29, 0.717) is 19.1 Å². The first-order valence-electron chi connectivity index (χ1n) is 9.26. The minimum atomic E-state index is 0.455. The first-order chi connectivity index (χ1) is 12.6. The lowest BCUT2D eigenvalue weighted by Crippen LogP contribution is -2.09. The summed E-state index contributed by atoms with van der Waals surface area (Å²) in [6.45, 7) is 8.57. The number of fused-ring (bicyclic) bond motifs is 1. The minimum Gasteiger partial charge on any atom is -0.493 e. The molecule has 2 aromatic carbocycles. The van der Waals surface area contributed by atoms with Gasteiger partial charge in [0.05, 0.1) is 17.6 Å². The Morgan fingerprint density at radius 2 is 1.92 bits per heavy atom. The quantitative estimate of drug-likeness (QED) is 0.530. The molecule has 3 aromatic rings. The molecule has 0 N–H and O–H groups in total. The van der Waals surface area contributed by atoms with Crippen molar-refractivity contribution in [2.24, 2.45) is 0 Å². The van der Waals surface area contributed by atoms with Crippen LogP contribution in [0.25, 0.3) is 11.0 Å². The highest BCUT2D eigenvalue weighted by Gasteiger charge is 2.11. The van der Waals surface area contributed by atoms with Gasteiger partial charge < -0.3 is 14.0 Å². The molecule has 0 bridgehead atoms. The van der Waals surface area contributed by atoms with Crippen LogP contribution in [0.4, 0.5) is 0 Å². The lowest BCUT2D eigenvalue weighted by atomic mass is 10.0. The van der Waals surface area contributed by atoms with Gasteiger partial charge in [-0.05, 0) is 48.6 Å². The zero-order valence-corrected chi connectivity index (χ0v) is 16.2. The predicted molar refractivity (Wildman–Crippen MR) is 106 cm³/mol. The molecule has 0 atom stereocenters. The molecule has 0 unspecified atom stereocenters. The Morgan fingerprint density at radius 1 is 1.12 bits per heavy atom. The molecule has 0 spiro atoms. The monoisotopic (exact) mass is 352 g/mol. The van der Waals surface area contributed by atoms with Gasteiger partial charge in [0.1, 0.15) is 18.2 Å². The lowest BCUT2D eigenvalue weighted by Gasteiger charge is -2.15. The van der Waals surface area contributed by atoms with Crippen molar-refractivity contribution < 1.29 is 9.47 Å². The Bertz CT molecular complexity index is 868. The molecule has 0 aliphatic heterocycles. The maximum Gasteiger partial charge on any atom is 0.135 e. The van der Waals surface area contributed by atoms with Gasteiger partial charge in [-0.25, -0.2) is 4.98 Å². The van der Waals surface area contributed by atoms with Gasteiger partial charge >= 0.3 is 0 Å². The summed E-state index contributed by atoms with van der Waals surface area (Å²) < 4.78 is 13.7. The third-order valence-corrected chi connectivity index (χ3v) is 4.58. The highest BCUT2D eigenvalue weighted by atomic mass is 16.5. The van der Waals surface area contributed by atoms with E-state index in [9.17, 15) is 0 Å². The molecule has 0 fully saturated rings. The SMILES string of the molecule is COCc1nc2ccccc2n1CCCOc1cc(C)ccc1C(C)C. The van der Waals surface area contributed by atoms with E-state index in [2.05, 4.69) is 60.7 Å². The van der Waals surface area contributed by atoms with Gasteiger partial charge in [0.15, 0.2) is 0 Å². The van der Waals surface area contributed by atoms with Crippen LogP contribution in [0.15, 0.2) is 42.5 Å². The van der Waals surface area contributed by atoms with Gasteiger partial charge in [0.25, 0.3) is 0 Å². The van der Waals surface area contributed by atoms with Crippen molar-refractivity contribution in [2.45, 2.75) is 46.3 Å². The summed E-state index contributed by atoms with van der Waals surface area (Å²) in [5, 5.41) is 0. The van der Waals surface area contributed by atoms with Crippen LogP contribution in [-0.4, -0.2) is 23.3 Å². The smallest absolute Gasteiger partial charge is 0.135 e. The molecule has 138 valence electrons. The molecule has 0 aliphatic rings. The van der Waals surface area contributed by atoms with Gasteiger partial charge in [-0.1, -0.05) is 38.1 Å². The number of para-hydroxylation sites is 2. The summed E-state index contributed by atoms with van der Waals surface area (Å²) in [4.78, 5) is 4.69. The molecule has 26 heavy (non-hydrogen) atoms. The highest BCUT2D eigenvalue weighted by molar-refractivity contribution is 5.75. The number of aryl methyl sites for hydroxylation is 2. The predicted octanol–water partition coefficient (Wildman–Crippen LogP) is 5.08. The fourth-order valence-electron chi connectivity index (χ4n) is 3.26. The first-order valence-corrected chi connectivity index (χ1v) is 9.26. The van der Waals surface area contributed by atoms with Crippen LogP contribution < -0.4 is 4.74 Å². The summed E-state index contributed by atoms with van der Waals surface area (Å²) in [6.07, 6.45) is 0.919. The van der Waals surface area contributed by atoms with Gasteiger partial charge in [-0.3, -0.25) is 0 Å². The van der Waals surface area contributed by atoms with Crippen LogP contribution in [-0.2, 0) is 17.9 Å². The van der Waals surface area contributed by atoms with Gasteiger partial charge in [-0.15, -0.1) is 0 Å². The lowest BCUT2D eigenvalue weighted by molar-refractivity contribution is 0.174. The zero-order valence-electron chi connectivity index (χ0n) is 16.2. The van der Waals surface area contributed by atoms with Gasteiger partial charge in [0, 0.05) is 13.7 Å². The second-order valence-corrected chi connectivity index (χ2v) is 7.00. The number of aromatic nitrogens is 2. The molecular formula is C22H28N2O2. The zero-order chi connectivity index (χ0) is 18.5. The molecule has 3 rings (SSSR count). The van der Waals surface area contributed by atoms with Crippen molar-refractivity contribution in [2.75, 3.05) is 13.7 Å². The van der Waals surface area contributed by atoms with E-state index in [0.717, 1.165) is 35.6 Å². The third-order valence-electron chi connectivity index (χ3n) is 4.58. The second-order valence-electron chi connectivity index (χ2n) is 7.00. The Labute approximate surface area is 155 Å². The van der Waals surface area contributed by atoms with E-state index >= 15 is 0 Å². The number of methoxy groups -OCH3 is 1. The van der Waals surface area contributed by atoms with E-state index in [1.807, 2.05) is 12.1 Å². The van der Waals surface area contributed by atoms with E-state index < -0.39 is 0 Å². The van der Waals surface area contributed by atoms with Crippen molar-refractivity contribution in [1.29, 1.82) is 0 Å². The molecule has 4 nitrogen and oxygen atoms in total. The summed E-state index contributed by atoms with van der Waals surface area (Å²) in [7, 11) is 1.71. The summed E-state index contributed by atoms with van der Waals surface area (Å²) >= 11 is 0. The fourth-order valence-corrected chi connectivity index (χ4v) is 3.26.